The summed E-state index contributed by atoms with van der Waals surface area (Å²) in [7, 11) is 0. The Kier molecular flexibility index (Phi) is 6.03. The summed E-state index contributed by atoms with van der Waals surface area (Å²) in [6.45, 7) is 6.81. The van der Waals surface area contributed by atoms with Gasteiger partial charge in [0.25, 0.3) is 0 Å². The number of benzene rings is 2. The van der Waals surface area contributed by atoms with E-state index in [-0.39, 0.29) is 5.78 Å². The Hall–Kier alpha value is -1.53. The molecule has 0 spiro atoms. The van der Waals surface area contributed by atoms with Gasteiger partial charge in [0.05, 0.1) is 6.54 Å². The first-order valence-corrected chi connectivity index (χ1v) is 10.6. The third-order valence-corrected chi connectivity index (χ3v) is 6.56. The lowest BCUT2D eigenvalue weighted by molar-refractivity contribution is 0.0961. The fourth-order valence-electron chi connectivity index (χ4n) is 3.67. The largest absolute Gasteiger partial charge is 0.369 e. The Balaban J connectivity index is 1.21. The zero-order valence-electron chi connectivity index (χ0n) is 15.3. The quantitative estimate of drug-likeness (QED) is 0.704. The van der Waals surface area contributed by atoms with E-state index in [0.29, 0.717) is 6.54 Å². The van der Waals surface area contributed by atoms with E-state index in [1.54, 1.807) is 11.9 Å². The molecule has 2 heterocycles. The molecule has 0 aliphatic carbocycles. The molecule has 27 heavy (non-hydrogen) atoms. The minimum Gasteiger partial charge on any atom is -0.369 e. The number of piperazine rings is 1. The highest BCUT2D eigenvalue weighted by atomic mass is 35.5. The van der Waals surface area contributed by atoms with Crippen LogP contribution in [0.4, 0.5) is 5.69 Å². The number of nitrogens with zero attached hydrogens (tertiary/aromatic N) is 3. The monoisotopic (exact) mass is 401 g/mol. The van der Waals surface area contributed by atoms with Gasteiger partial charge in [0.15, 0.2) is 5.78 Å². The second-order valence-corrected chi connectivity index (χ2v) is 8.61. The average molecular weight is 402 g/mol. The fourth-order valence-corrected chi connectivity index (χ4v) is 4.90. The van der Waals surface area contributed by atoms with E-state index in [1.807, 2.05) is 36.4 Å². The summed E-state index contributed by atoms with van der Waals surface area (Å²) in [5.41, 5.74) is 2.12. The van der Waals surface area contributed by atoms with E-state index in [2.05, 4.69) is 26.2 Å². The molecule has 1 fully saturated rings. The number of hydrogen-bond acceptors (Lipinski definition) is 5. The maximum Gasteiger partial charge on any atom is 0.178 e. The first-order valence-electron chi connectivity index (χ1n) is 9.47. The third kappa shape index (κ3) is 4.66. The molecule has 2 aromatic carbocycles. The summed E-state index contributed by atoms with van der Waals surface area (Å²) in [6.07, 6.45) is 1.09. The van der Waals surface area contributed by atoms with Crippen LogP contribution in [0.2, 0.25) is 5.02 Å². The highest BCUT2D eigenvalue weighted by Gasteiger charge is 2.23. The predicted octanol–water partition coefficient (Wildman–Crippen LogP) is 4.06. The zero-order valence-corrected chi connectivity index (χ0v) is 16.9. The van der Waals surface area contributed by atoms with Crippen molar-refractivity contribution in [3.63, 3.8) is 0 Å². The van der Waals surface area contributed by atoms with E-state index in [1.165, 1.54) is 5.69 Å². The van der Waals surface area contributed by atoms with Crippen molar-refractivity contribution in [2.45, 2.75) is 11.3 Å². The molecule has 0 radical (unpaired) electrons. The molecule has 0 saturated carbocycles. The minimum absolute atomic E-state index is 0.237. The van der Waals surface area contributed by atoms with Gasteiger partial charge in [0.2, 0.25) is 0 Å². The van der Waals surface area contributed by atoms with Crippen LogP contribution in [0, 0.1) is 0 Å². The molecular weight excluding hydrogens is 378 g/mol. The highest BCUT2D eigenvalue weighted by molar-refractivity contribution is 7.97. The summed E-state index contributed by atoms with van der Waals surface area (Å²) < 4.78 is 2.20. The van der Waals surface area contributed by atoms with Gasteiger partial charge in [-0.05, 0) is 55.2 Å². The van der Waals surface area contributed by atoms with E-state index in [9.17, 15) is 4.79 Å². The van der Waals surface area contributed by atoms with Gasteiger partial charge < -0.3 is 4.90 Å². The number of rotatable bonds is 5. The Bertz CT molecular complexity index is 790. The summed E-state index contributed by atoms with van der Waals surface area (Å²) in [6, 6.07) is 16.0. The smallest absolute Gasteiger partial charge is 0.178 e. The lowest BCUT2D eigenvalue weighted by Gasteiger charge is -2.36. The maximum atomic E-state index is 12.3. The van der Waals surface area contributed by atoms with Crippen LogP contribution < -0.4 is 4.90 Å². The lowest BCUT2D eigenvalue weighted by Crippen LogP contribution is -2.47. The summed E-state index contributed by atoms with van der Waals surface area (Å²) >= 11 is 7.70. The topological polar surface area (TPSA) is 26.8 Å². The van der Waals surface area contributed by atoms with Crippen molar-refractivity contribution >= 4 is 35.0 Å². The van der Waals surface area contributed by atoms with E-state index < -0.39 is 0 Å². The van der Waals surface area contributed by atoms with Crippen molar-refractivity contribution in [1.29, 1.82) is 0 Å². The van der Waals surface area contributed by atoms with Crippen LogP contribution in [0.15, 0.2) is 53.4 Å². The first kappa shape index (κ1) is 18.8. The second-order valence-electron chi connectivity index (χ2n) is 7.03. The molecule has 0 atom stereocenters. The number of carbonyl (C=O) groups is 1. The van der Waals surface area contributed by atoms with Gasteiger partial charge in [0, 0.05) is 53.9 Å². The zero-order chi connectivity index (χ0) is 18.6. The molecule has 2 aliphatic heterocycles. The Labute approximate surface area is 170 Å². The van der Waals surface area contributed by atoms with Crippen molar-refractivity contribution < 1.29 is 4.79 Å². The number of ketones is 1. The Morgan fingerprint density at radius 3 is 2.44 bits per heavy atom. The number of carbonyl (C=O) groups excluding carboxylic acids is 1. The Morgan fingerprint density at radius 1 is 0.926 bits per heavy atom. The molecule has 0 bridgehead atoms. The molecule has 1 saturated heterocycles. The van der Waals surface area contributed by atoms with Crippen molar-refractivity contribution in [3.8, 4) is 0 Å². The number of hydrogen-bond donors (Lipinski definition) is 0. The van der Waals surface area contributed by atoms with Crippen molar-refractivity contribution in [3.05, 3.63) is 59.1 Å². The second kappa shape index (κ2) is 8.65. The Morgan fingerprint density at radius 2 is 1.67 bits per heavy atom. The predicted molar refractivity (Wildman–Crippen MR) is 113 cm³/mol. The molecule has 0 unspecified atom stereocenters. The molecule has 0 amide bonds. The third-order valence-electron chi connectivity index (χ3n) is 5.18. The average Bonchev–Trinajstić information content (AvgIpc) is 2.69. The van der Waals surface area contributed by atoms with E-state index in [4.69, 9.17) is 11.6 Å². The number of halogens is 1. The fraction of sp³-hybridized carbons (Fsp3) is 0.381. The van der Waals surface area contributed by atoms with Crippen LogP contribution in [-0.4, -0.2) is 60.8 Å². The van der Waals surface area contributed by atoms with Gasteiger partial charge >= 0.3 is 0 Å². The van der Waals surface area contributed by atoms with Crippen LogP contribution in [0.1, 0.15) is 16.8 Å². The van der Waals surface area contributed by atoms with Crippen LogP contribution >= 0.6 is 23.5 Å². The molecule has 0 N–H and O–H groups in total. The minimum atomic E-state index is 0.237. The number of Topliss-reactive ketones (excluding diaryl/α,β-unsaturated/α-hetero) is 1. The molecule has 4 nitrogen and oxygen atoms in total. The van der Waals surface area contributed by atoms with Crippen LogP contribution in [-0.2, 0) is 0 Å². The van der Waals surface area contributed by atoms with Gasteiger partial charge in [-0.25, -0.2) is 4.31 Å². The molecule has 142 valence electrons. The van der Waals surface area contributed by atoms with Crippen LogP contribution in [0.25, 0.3) is 0 Å². The van der Waals surface area contributed by atoms with Crippen molar-refractivity contribution in [2.24, 2.45) is 0 Å². The maximum absolute atomic E-state index is 12.3. The van der Waals surface area contributed by atoms with Gasteiger partial charge in [-0.15, -0.1) is 0 Å². The summed E-state index contributed by atoms with van der Waals surface area (Å²) in [5, 5.41) is 0.786. The molecule has 6 heteroatoms. The van der Waals surface area contributed by atoms with Gasteiger partial charge in [-0.3, -0.25) is 9.69 Å². The van der Waals surface area contributed by atoms with Crippen molar-refractivity contribution in [1.82, 2.24) is 9.21 Å². The molecule has 2 aromatic rings. The number of fused-ring (bicyclic) bond motifs is 1. The molecule has 4 rings (SSSR count). The first-order chi connectivity index (χ1) is 13.2. The lowest BCUT2D eigenvalue weighted by atomic mass is 10.1. The SMILES string of the molecule is O=C1CN(CCCN2CCN(c3ccc(Cl)cc3)CC2)Sc2ccccc21. The van der Waals surface area contributed by atoms with Crippen LogP contribution in [0.5, 0.6) is 0 Å². The molecular formula is C21H24ClN3OS. The van der Waals surface area contributed by atoms with Gasteiger partial charge in [-0.2, -0.15) is 0 Å². The van der Waals surface area contributed by atoms with Crippen molar-refractivity contribution in [2.75, 3.05) is 50.7 Å². The van der Waals surface area contributed by atoms with E-state index >= 15 is 0 Å². The highest BCUT2D eigenvalue weighted by Crippen LogP contribution is 2.31. The summed E-state index contributed by atoms with van der Waals surface area (Å²) in [5.74, 6) is 0.237. The standard InChI is InChI=1S/C21H24ClN3OS/c22-17-6-8-18(9-7-17)24-14-12-23(13-15-24)10-3-11-25-16-20(26)19-4-1-2-5-21(19)27-25/h1-2,4-9H,3,10-16H2. The normalized spacial score (nSPS) is 18.6. The van der Waals surface area contributed by atoms with Gasteiger partial charge in [0.1, 0.15) is 0 Å². The molecule has 0 aromatic heterocycles. The summed E-state index contributed by atoms with van der Waals surface area (Å²) in [4.78, 5) is 18.3. The van der Waals surface area contributed by atoms with Gasteiger partial charge in [-0.1, -0.05) is 29.8 Å². The van der Waals surface area contributed by atoms with E-state index in [0.717, 1.165) is 61.2 Å². The van der Waals surface area contributed by atoms with Crippen LogP contribution in [0.3, 0.4) is 0 Å². The molecule has 2 aliphatic rings. The number of anilines is 1.